The van der Waals surface area contributed by atoms with Crippen molar-refractivity contribution in [1.29, 1.82) is 0 Å². The Morgan fingerprint density at radius 3 is 1.00 bits per heavy atom. The smallest absolute Gasteiger partial charge is 0.0372 e. The van der Waals surface area contributed by atoms with E-state index in [2.05, 4.69) is 40.8 Å². The summed E-state index contributed by atoms with van der Waals surface area (Å²) in [5.41, 5.74) is 1.96. The summed E-state index contributed by atoms with van der Waals surface area (Å²) < 4.78 is 0. The van der Waals surface area contributed by atoms with Crippen molar-refractivity contribution in [3.05, 3.63) is 0 Å². The van der Waals surface area contributed by atoms with Crippen LogP contribution in [0.4, 0.5) is 0 Å². The lowest BCUT2D eigenvalue weighted by Gasteiger charge is -2.23. The third-order valence-corrected chi connectivity index (χ3v) is 14.3. The second-order valence-electron chi connectivity index (χ2n) is 3.68. The highest BCUT2D eigenvalue weighted by atomic mass is 29.2. The van der Waals surface area contributed by atoms with Crippen molar-refractivity contribution < 1.29 is 0 Å². The monoisotopic (exact) mass is 172 g/mol. The largest absolute Gasteiger partial charge is 0.0731 e. The third kappa shape index (κ3) is 3.01. The molecule has 0 aliphatic heterocycles. The van der Waals surface area contributed by atoms with Gasteiger partial charge >= 0.3 is 0 Å². The molecule has 0 aliphatic carbocycles. The van der Waals surface area contributed by atoms with Crippen LogP contribution in [0.15, 0.2) is 0 Å². The van der Waals surface area contributed by atoms with Crippen LogP contribution in [-0.4, -0.2) is 16.6 Å². The fourth-order valence-electron chi connectivity index (χ4n) is 0.911. The minimum absolute atomic E-state index is 0.0180. The highest BCUT2D eigenvalue weighted by molar-refractivity contribution is 7.22. The third-order valence-electron chi connectivity index (χ3n) is 2.35. The maximum absolute atomic E-state index is 2.50. The summed E-state index contributed by atoms with van der Waals surface area (Å²) in [6.07, 6.45) is 0. The van der Waals surface area contributed by atoms with Crippen molar-refractivity contribution >= 4 is 16.6 Å². The zero-order chi connectivity index (χ0) is 8.31. The van der Waals surface area contributed by atoms with Gasteiger partial charge in [-0.3, -0.25) is 0 Å². The standard InChI is InChI=1S/C8H20Si2/c1-7(2)9(5)10(6)8(3)4/h7-8H,1-6H3. The minimum Gasteiger partial charge on any atom is -0.0731 e. The van der Waals surface area contributed by atoms with E-state index in [0.29, 0.717) is 0 Å². The number of hydrogen-bond acceptors (Lipinski definition) is 0. The van der Waals surface area contributed by atoms with Gasteiger partial charge < -0.3 is 0 Å². The first kappa shape index (κ1) is 10.4. The Kier molecular flexibility index (Phi) is 4.53. The van der Waals surface area contributed by atoms with Crippen LogP contribution in [0.2, 0.25) is 24.2 Å². The average Bonchev–Trinajstić information content (AvgIpc) is 1.84. The van der Waals surface area contributed by atoms with E-state index in [0.717, 1.165) is 11.1 Å². The molecule has 0 amide bonds. The molecule has 0 bridgehead atoms. The highest BCUT2D eigenvalue weighted by Gasteiger charge is 2.21. The molecule has 0 saturated heterocycles. The van der Waals surface area contributed by atoms with Gasteiger partial charge in [0.1, 0.15) is 0 Å². The predicted molar refractivity (Wildman–Crippen MR) is 53.4 cm³/mol. The van der Waals surface area contributed by atoms with Crippen molar-refractivity contribution in [3.63, 3.8) is 0 Å². The minimum atomic E-state index is 0.0180. The van der Waals surface area contributed by atoms with E-state index in [9.17, 15) is 0 Å². The quantitative estimate of drug-likeness (QED) is 0.574. The number of hydrogen-bond donors (Lipinski definition) is 0. The molecule has 0 aliphatic rings. The normalized spacial score (nSPS) is 12.6. The highest BCUT2D eigenvalue weighted by Crippen LogP contribution is 2.17. The van der Waals surface area contributed by atoms with Gasteiger partial charge in [-0.1, -0.05) is 51.9 Å². The van der Waals surface area contributed by atoms with E-state index in [1.165, 1.54) is 0 Å². The topological polar surface area (TPSA) is 0 Å². The molecule has 0 saturated carbocycles. The van der Waals surface area contributed by atoms with Crippen LogP contribution in [-0.2, 0) is 0 Å². The first-order chi connectivity index (χ1) is 4.46. The Morgan fingerprint density at radius 1 is 0.700 bits per heavy atom. The molecule has 0 rings (SSSR count). The van der Waals surface area contributed by atoms with E-state index < -0.39 is 0 Å². The molecule has 2 radical (unpaired) electrons. The van der Waals surface area contributed by atoms with Gasteiger partial charge in [-0.15, -0.1) is 0 Å². The summed E-state index contributed by atoms with van der Waals surface area (Å²) in [5.74, 6) is 0. The summed E-state index contributed by atoms with van der Waals surface area (Å²) in [7, 11) is 0.0360. The van der Waals surface area contributed by atoms with Crippen LogP contribution < -0.4 is 0 Å². The van der Waals surface area contributed by atoms with Gasteiger partial charge in [-0.05, 0) is 0 Å². The molecule has 0 heterocycles. The van der Waals surface area contributed by atoms with E-state index >= 15 is 0 Å². The van der Waals surface area contributed by atoms with Crippen molar-refractivity contribution in [3.8, 4) is 0 Å². The summed E-state index contributed by atoms with van der Waals surface area (Å²) in [4.78, 5) is 0. The Bertz CT molecular complexity index is 77.3. The van der Waals surface area contributed by atoms with Crippen molar-refractivity contribution in [2.45, 2.75) is 51.9 Å². The van der Waals surface area contributed by atoms with Gasteiger partial charge in [-0.25, -0.2) is 0 Å². The Morgan fingerprint density at radius 2 is 0.900 bits per heavy atom. The lowest BCUT2D eigenvalue weighted by molar-refractivity contribution is 1.02. The fraction of sp³-hybridized carbons (Fsp3) is 1.00. The van der Waals surface area contributed by atoms with E-state index in [-0.39, 0.29) is 16.6 Å². The lowest BCUT2D eigenvalue weighted by atomic mass is 10.6. The predicted octanol–water partition coefficient (Wildman–Crippen LogP) is 3.13. The molecule has 10 heavy (non-hydrogen) atoms. The van der Waals surface area contributed by atoms with Crippen LogP contribution in [0.1, 0.15) is 27.7 Å². The maximum atomic E-state index is 2.50. The first-order valence-electron chi connectivity index (χ1n) is 4.14. The van der Waals surface area contributed by atoms with Gasteiger partial charge in [0.2, 0.25) is 0 Å². The summed E-state index contributed by atoms with van der Waals surface area (Å²) in [5, 5.41) is 0. The van der Waals surface area contributed by atoms with E-state index in [1.807, 2.05) is 0 Å². The molecule has 0 nitrogen and oxygen atoms in total. The second-order valence-corrected chi connectivity index (χ2v) is 13.4. The van der Waals surface area contributed by atoms with E-state index in [1.54, 1.807) is 0 Å². The molecular formula is C8H20Si2. The molecule has 0 spiro atoms. The van der Waals surface area contributed by atoms with Gasteiger partial charge in [0, 0.05) is 16.6 Å². The van der Waals surface area contributed by atoms with Crippen LogP contribution >= 0.6 is 0 Å². The molecule has 0 atom stereocenters. The average molecular weight is 172 g/mol. The molecule has 0 unspecified atom stereocenters. The molecule has 0 N–H and O–H groups in total. The molecule has 0 aromatic carbocycles. The zero-order valence-corrected chi connectivity index (χ0v) is 10.2. The van der Waals surface area contributed by atoms with Crippen molar-refractivity contribution in [2.24, 2.45) is 0 Å². The van der Waals surface area contributed by atoms with Gasteiger partial charge in [0.15, 0.2) is 0 Å². The van der Waals surface area contributed by atoms with Crippen LogP contribution in [0.3, 0.4) is 0 Å². The first-order valence-corrected chi connectivity index (χ1v) is 9.29. The summed E-state index contributed by atoms with van der Waals surface area (Å²) in [6, 6.07) is 0. The summed E-state index contributed by atoms with van der Waals surface area (Å²) >= 11 is 0. The molecule has 60 valence electrons. The Hall–Kier alpha value is 0.434. The van der Waals surface area contributed by atoms with Gasteiger partial charge in [0.05, 0.1) is 0 Å². The maximum Gasteiger partial charge on any atom is 0.0372 e. The van der Waals surface area contributed by atoms with Crippen LogP contribution in [0.25, 0.3) is 0 Å². The zero-order valence-electron chi connectivity index (χ0n) is 8.15. The second kappa shape index (κ2) is 4.34. The molecule has 2 heteroatoms. The number of rotatable bonds is 3. The lowest BCUT2D eigenvalue weighted by Crippen LogP contribution is -2.34. The van der Waals surface area contributed by atoms with Crippen LogP contribution in [0, 0.1) is 0 Å². The summed E-state index contributed by atoms with van der Waals surface area (Å²) in [6.45, 7) is 14.5. The van der Waals surface area contributed by atoms with E-state index in [4.69, 9.17) is 0 Å². The molecule has 0 fully saturated rings. The SMILES string of the molecule is CC(C)[Si](C)[Si](C)C(C)C. The Balaban J connectivity index is 3.81. The molecule has 0 aromatic heterocycles. The molecular weight excluding hydrogens is 152 g/mol. The van der Waals surface area contributed by atoms with Gasteiger partial charge in [-0.2, -0.15) is 0 Å². The van der Waals surface area contributed by atoms with Crippen molar-refractivity contribution in [2.75, 3.05) is 0 Å². The van der Waals surface area contributed by atoms with Crippen molar-refractivity contribution in [1.82, 2.24) is 0 Å². The molecule has 0 aromatic rings. The van der Waals surface area contributed by atoms with Crippen LogP contribution in [0.5, 0.6) is 0 Å². The fourth-order valence-corrected chi connectivity index (χ4v) is 8.20. The Labute approximate surface area is 69.0 Å². The van der Waals surface area contributed by atoms with Gasteiger partial charge in [0.25, 0.3) is 0 Å².